The lowest BCUT2D eigenvalue weighted by molar-refractivity contribution is -0.144. The van der Waals surface area contributed by atoms with Gasteiger partial charge in [0.1, 0.15) is 11.8 Å². The van der Waals surface area contributed by atoms with Gasteiger partial charge >= 0.3 is 5.97 Å². The third-order valence-corrected chi connectivity index (χ3v) is 2.04. The second-order valence-corrected chi connectivity index (χ2v) is 3.06. The van der Waals surface area contributed by atoms with Gasteiger partial charge < -0.3 is 4.74 Å². The van der Waals surface area contributed by atoms with Gasteiger partial charge in [-0.3, -0.25) is 4.79 Å². The predicted octanol–water partition coefficient (Wildman–Crippen LogP) is 1.62. The molecular weight excluding hydrogens is 192 g/mol. The molecular formula is C11H12N2O2. The van der Waals surface area contributed by atoms with E-state index in [9.17, 15) is 4.79 Å². The topological polar surface area (TPSA) is 63.0 Å². The number of pyridine rings is 1. The SMILES string of the molecule is CCOC(=O)C(C)c1ccc(C#N)nc1. The van der Waals surface area contributed by atoms with Crippen LogP contribution in [-0.4, -0.2) is 17.6 Å². The molecule has 78 valence electrons. The number of hydrogen-bond acceptors (Lipinski definition) is 4. The van der Waals surface area contributed by atoms with E-state index < -0.39 is 0 Å². The van der Waals surface area contributed by atoms with E-state index in [1.165, 1.54) is 6.20 Å². The number of carbonyl (C=O) groups excluding carboxylic acids is 1. The summed E-state index contributed by atoms with van der Waals surface area (Å²) in [4.78, 5) is 15.3. The summed E-state index contributed by atoms with van der Waals surface area (Å²) in [5, 5.41) is 8.56. The highest BCUT2D eigenvalue weighted by Crippen LogP contribution is 2.15. The Hall–Kier alpha value is -1.89. The van der Waals surface area contributed by atoms with Crippen molar-refractivity contribution in [3.05, 3.63) is 29.6 Å². The molecule has 4 heteroatoms. The third kappa shape index (κ3) is 2.78. The smallest absolute Gasteiger partial charge is 0.313 e. The van der Waals surface area contributed by atoms with Crippen molar-refractivity contribution in [2.24, 2.45) is 0 Å². The summed E-state index contributed by atoms with van der Waals surface area (Å²) < 4.78 is 4.88. The van der Waals surface area contributed by atoms with Gasteiger partial charge in [0, 0.05) is 6.20 Å². The van der Waals surface area contributed by atoms with Crippen molar-refractivity contribution in [1.82, 2.24) is 4.98 Å². The van der Waals surface area contributed by atoms with Crippen LogP contribution in [0.3, 0.4) is 0 Å². The van der Waals surface area contributed by atoms with Crippen molar-refractivity contribution in [3.8, 4) is 6.07 Å². The van der Waals surface area contributed by atoms with E-state index in [4.69, 9.17) is 10.00 Å². The molecule has 0 N–H and O–H groups in total. The van der Waals surface area contributed by atoms with Gasteiger partial charge in [-0.15, -0.1) is 0 Å². The van der Waals surface area contributed by atoms with E-state index in [1.807, 2.05) is 6.07 Å². The lowest BCUT2D eigenvalue weighted by Gasteiger charge is -2.09. The molecule has 1 aromatic heterocycles. The lowest BCUT2D eigenvalue weighted by Crippen LogP contribution is -2.13. The minimum Gasteiger partial charge on any atom is -0.466 e. The minimum atomic E-state index is -0.342. The molecule has 0 fully saturated rings. The number of ether oxygens (including phenoxy) is 1. The first-order valence-corrected chi connectivity index (χ1v) is 4.71. The summed E-state index contributed by atoms with van der Waals surface area (Å²) in [7, 11) is 0. The number of hydrogen-bond donors (Lipinski definition) is 0. The van der Waals surface area contributed by atoms with Crippen LogP contribution in [0.15, 0.2) is 18.3 Å². The van der Waals surface area contributed by atoms with Gasteiger partial charge in [-0.25, -0.2) is 4.98 Å². The maximum absolute atomic E-state index is 11.4. The maximum atomic E-state index is 11.4. The summed E-state index contributed by atoms with van der Waals surface area (Å²) in [6, 6.07) is 5.22. The first kappa shape index (κ1) is 11.2. The van der Waals surface area contributed by atoms with Crippen LogP contribution in [0.25, 0.3) is 0 Å². The van der Waals surface area contributed by atoms with Crippen molar-refractivity contribution in [3.63, 3.8) is 0 Å². The van der Waals surface area contributed by atoms with Crippen molar-refractivity contribution in [1.29, 1.82) is 5.26 Å². The second-order valence-electron chi connectivity index (χ2n) is 3.06. The van der Waals surface area contributed by atoms with E-state index in [0.29, 0.717) is 12.3 Å². The highest BCUT2D eigenvalue weighted by Gasteiger charge is 2.16. The van der Waals surface area contributed by atoms with Gasteiger partial charge in [0.05, 0.1) is 12.5 Å². The highest BCUT2D eigenvalue weighted by molar-refractivity contribution is 5.77. The Morgan fingerprint density at radius 2 is 2.40 bits per heavy atom. The van der Waals surface area contributed by atoms with Gasteiger partial charge in [0.2, 0.25) is 0 Å². The fourth-order valence-electron chi connectivity index (χ4n) is 1.13. The normalized spacial score (nSPS) is 11.5. The molecule has 0 saturated heterocycles. The lowest BCUT2D eigenvalue weighted by atomic mass is 10.0. The average Bonchev–Trinajstić information content (AvgIpc) is 2.28. The zero-order chi connectivity index (χ0) is 11.3. The largest absolute Gasteiger partial charge is 0.466 e. The number of rotatable bonds is 3. The Morgan fingerprint density at radius 1 is 1.67 bits per heavy atom. The Labute approximate surface area is 88.5 Å². The summed E-state index contributed by atoms with van der Waals surface area (Å²) in [6.07, 6.45) is 1.53. The Morgan fingerprint density at radius 3 is 2.87 bits per heavy atom. The van der Waals surface area contributed by atoms with Crippen molar-refractivity contribution < 1.29 is 9.53 Å². The zero-order valence-electron chi connectivity index (χ0n) is 8.73. The molecule has 1 atom stereocenters. The van der Waals surface area contributed by atoms with Crippen molar-refractivity contribution in [2.45, 2.75) is 19.8 Å². The molecule has 1 aromatic rings. The molecule has 0 saturated carbocycles. The maximum Gasteiger partial charge on any atom is 0.313 e. The molecule has 0 radical (unpaired) electrons. The number of nitriles is 1. The first-order chi connectivity index (χ1) is 7.19. The Bertz CT molecular complexity index is 379. The van der Waals surface area contributed by atoms with E-state index in [0.717, 1.165) is 5.56 Å². The van der Waals surface area contributed by atoms with Gasteiger partial charge in [-0.2, -0.15) is 5.26 Å². The molecule has 1 unspecified atom stereocenters. The van der Waals surface area contributed by atoms with Crippen molar-refractivity contribution in [2.75, 3.05) is 6.61 Å². The zero-order valence-corrected chi connectivity index (χ0v) is 8.73. The van der Waals surface area contributed by atoms with Gasteiger partial charge in [-0.05, 0) is 25.5 Å². The number of esters is 1. The summed E-state index contributed by atoms with van der Waals surface area (Å²) >= 11 is 0. The average molecular weight is 204 g/mol. The molecule has 0 aliphatic rings. The fourth-order valence-corrected chi connectivity index (χ4v) is 1.13. The van der Waals surface area contributed by atoms with Crippen LogP contribution in [-0.2, 0) is 9.53 Å². The second kappa shape index (κ2) is 5.11. The molecule has 1 heterocycles. The van der Waals surface area contributed by atoms with E-state index in [2.05, 4.69) is 4.98 Å². The molecule has 0 aliphatic heterocycles. The van der Waals surface area contributed by atoms with Crippen LogP contribution < -0.4 is 0 Å². The molecule has 0 aliphatic carbocycles. The predicted molar refractivity (Wildman–Crippen MR) is 54.0 cm³/mol. The highest BCUT2D eigenvalue weighted by atomic mass is 16.5. The fraction of sp³-hybridized carbons (Fsp3) is 0.364. The minimum absolute atomic E-state index is 0.274. The molecule has 0 bridgehead atoms. The van der Waals surface area contributed by atoms with Crippen molar-refractivity contribution >= 4 is 5.97 Å². The van der Waals surface area contributed by atoms with Gasteiger partial charge in [0.25, 0.3) is 0 Å². The molecule has 1 rings (SSSR count). The van der Waals surface area contributed by atoms with Crippen LogP contribution >= 0.6 is 0 Å². The Balaban J connectivity index is 2.79. The molecule has 0 spiro atoms. The van der Waals surface area contributed by atoms with E-state index >= 15 is 0 Å². The van der Waals surface area contributed by atoms with E-state index in [-0.39, 0.29) is 11.9 Å². The van der Waals surface area contributed by atoms with Crippen LogP contribution in [0.5, 0.6) is 0 Å². The standard InChI is InChI=1S/C11H12N2O2/c1-3-15-11(14)8(2)9-4-5-10(6-12)13-7-9/h4-5,7-8H,3H2,1-2H3. The summed E-state index contributed by atoms with van der Waals surface area (Å²) in [5.74, 6) is -0.616. The quantitative estimate of drug-likeness (QED) is 0.702. The summed E-state index contributed by atoms with van der Waals surface area (Å²) in [6.45, 7) is 3.88. The number of aromatic nitrogens is 1. The van der Waals surface area contributed by atoms with Crippen LogP contribution in [0.4, 0.5) is 0 Å². The molecule has 15 heavy (non-hydrogen) atoms. The third-order valence-electron chi connectivity index (χ3n) is 2.04. The summed E-state index contributed by atoms with van der Waals surface area (Å²) in [5.41, 5.74) is 1.10. The first-order valence-electron chi connectivity index (χ1n) is 4.71. The van der Waals surface area contributed by atoms with E-state index in [1.54, 1.807) is 26.0 Å². The van der Waals surface area contributed by atoms with Gasteiger partial charge in [0.15, 0.2) is 0 Å². The number of nitrogens with zero attached hydrogens (tertiary/aromatic N) is 2. The monoisotopic (exact) mass is 204 g/mol. The molecule has 4 nitrogen and oxygen atoms in total. The number of carbonyl (C=O) groups is 1. The van der Waals surface area contributed by atoms with Crippen LogP contribution in [0.2, 0.25) is 0 Å². The van der Waals surface area contributed by atoms with Crippen LogP contribution in [0, 0.1) is 11.3 Å². The van der Waals surface area contributed by atoms with Crippen LogP contribution in [0.1, 0.15) is 31.0 Å². The molecule has 0 aromatic carbocycles. The van der Waals surface area contributed by atoms with Gasteiger partial charge in [-0.1, -0.05) is 6.07 Å². The molecule has 0 amide bonds. The Kier molecular flexibility index (Phi) is 3.81.